The molecule has 0 radical (unpaired) electrons. The molecule has 0 fully saturated rings. The van der Waals surface area contributed by atoms with E-state index in [2.05, 4.69) is 19.2 Å². The summed E-state index contributed by atoms with van der Waals surface area (Å²) in [5.41, 5.74) is 0. The van der Waals surface area contributed by atoms with Crippen molar-refractivity contribution in [3.05, 3.63) is 0 Å². The zero-order chi connectivity index (χ0) is 16.8. The van der Waals surface area contributed by atoms with E-state index in [1.54, 1.807) is 0 Å². The fourth-order valence-electron chi connectivity index (χ4n) is 2.92. The predicted molar refractivity (Wildman–Crippen MR) is 104 cm³/mol. The highest BCUT2D eigenvalue weighted by atomic mass is 16.5. The van der Waals surface area contributed by atoms with E-state index in [0.717, 1.165) is 32.7 Å². The van der Waals surface area contributed by atoms with E-state index in [-0.39, 0.29) is 0 Å². The van der Waals surface area contributed by atoms with Crippen molar-refractivity contribution >= 4 is 0 Å². The predicted octanol–water partition coefficient (Wildman–Crippen LogP) is 6.48. The van der Waals surface area contributed by atoms with Gasteiger partial charge in [-0.3, -0.25) is 0 Å². The maximum absolute atomic E-state index is 5.67. The summed E-state index contributed by atoms with van der Waals surface area (Å²) in [6, 6.07) is 0. The van der Waals surface area contributed by atoms with Crippen molar-refractivity contribution in [2.45, 2.75) is 110 Å². The molecular weight excluding hydrogens is 282 g/mol. The van der Waals surface area contributed by atoms with Gasteiger partial charge in [0.15, 0.2) is 0 Å². The molecule has 0 saturated heterocycles. The van der Waals surface area contributed by atoms with Gasteiger partial charge in [-0.05, 0) is 32.4 Å². The van der Waals surface area contributed by atoms with Crippen LogP contribution in [0.3, 0.4) is 0 Å². The van der Waals surface area contributed by atoms with Crippen molar-refractivity contribution < 1.29 is 4.74 Å². The topological polar surface area (TPSA) is 21.3 Å². The maximum Gasteiger partial charge on any atom is 0.0478 e. The summed E-state index contributed by atoms with van der Waals surface area (Å²) in [6.45, 7) is 8.63. The van der Waals surface area contributed by atoms with Gasteiger partial charge < -0.3 is 10.1 Å². The first-order valence-electron chi connectivity index (χ1n) is 10.7. The molecule has 140 valence electrons. The first-order valence-corrected chi connectivity index (χ1v) is 10.7. The van der Waals surface area contributed by atoms with Crippen LogP contribution in [0.5, 0.6) is 0 Å². The minimum Gasteiger partial charge on any atom is -0.381 e. The van der Waals surface area contributed by atoms with E-state index >= 15 is 0 Å². The Balaban J connectivity index is 2.92. The lowest BCUT2D eigenvalue weighted by Gasteiger charge is -2.05. The highest BCUT2D eigenvalue weighted by Gasteiger charge is 1.94. The molecule has 0 aromatic rings. The van der Waals surface area contributed by atoms with Crippen LogP contribution in [0.4, 0.5) is 0 Å². The molecule has 0 aromatic carbocycles. The quantitative estimate of drug-likeness (QED) is 0.258. The zero-order valence-electron chi connectivity index (χ0n) is 16.3. The molecular formula is C21H45NO. The number of rotatable bonds is 20. The van der Waals surface area contributed by atoms with Crippen molar-refractivity contribution in [2.75, 3.05) is 26.3 Å². The fraction of sp³-hybridized carbons (Fsp3) is 1.00. The summed E-state index contributed by atoms with van der Waals surface area (Å²) in [5.74, 6) is 0. The van der Waals surface area contributed by atoms with Gasteiger partial charge >= 0.3 is 0 Å². The Hall–Kier alpha value is -0.0800. The number of nitrogens with one attached hydrogen (secondary N) is 1. The van der Waals surface area contributed by atoms with E-state index < -0.39 is 0 Å². The molecule has 0 bridgehead atoms. The van der Waals surface area contributed by atoms with Crippen molar-refractivity contribution in [3.63, 3.8) is 0 Å². The molecule has 0 amide bonds. The van der Waals surface area contributed by atoms with Gasteiger partial charge in [0.1, 0.15) is 0 Å². The van der Waals surface area contributed by atoms with Crippen LogP contribution in [-0.4, -0.2) is 26.3 Å². The monoisotopic (exact) mass is 327 g/mol. The molecule has 0 atom stereocenters. The molecule has 0 unspecified atom stereocenters. The molecule has 0 spiro atoms. The summed E-state index contributed by atoms with van der Waals surface area (Å²) in [7, 11) is 0. The lowest BCUT2D eigenvalue weighted by Crippen LogP contribution is -2.17. The van der Waals surface area contributed by atoms with Crippen LogP contribution in [-0.2, 0) is 4.74 Å². The fourth-order valence-corrected chi connectivity index (χ4v) is 2.92. The van der Waals surface area contributed by atoms with Crippen LogP contribution < -0.4 is 5.32 Å². The van der Waals surface area contributed by atoms with E-state index in [0.29, 0.717) is 0 Å². The summed E-state index contributed by atoms with van der Waals surface area (Å²) in [5, 5.41) is 3.41. The van der Waals surface area contributed by atoms with Crippen LogP contribution in [0.25, 0.3) is 0 Å². The third-order valence-electron chi connectivity index (χ3n) is 4.46. The molecule has 1 N–H and O–H groups in total. The number of hydrogen-bond donors (Lipinski definition) is 1. The zero-order valence-corrected chi connectivity index (χ0v) is 16.3. The summed E-state index contributed by atoms with van der Waals surface area (Å²) in [6.07, 6.45) is 20.8. The van der Waals surface area contributed by atoms with Gasteiger partial charge in [-0.1, -0.05) is 90.9 Å². The van der Waals surface area contributed by atoms with Gasteiger partial charge in [-0.25, -0.2) is 0 Å². The van der Waals surface area contributed by atoms with Gasteiger partial charge in [0.05, 0.1) is 0 Å². The molecule has 0 saturated carbocycles. The van der Waals surface area contributed by atoms with E-state index in [1.807, 2.05) is 0 Å². The first kappa shape index (κ1) is 22.9. The molecule has 0 aliphatic rings. The molecule has 2 nitrogen and oxygen atoms in total. The van der Waals surface area contributed by atoms with Crippen LogP contribution in [0.1, 0.15) is 110 Å². The lowest BCUT2D eigenvalue weighted by atomic mass is 10.0. The number of ether oxygens (including phenoxy) is 1. The van der Waals surface area contributed by atoms with Crippen LogP contribution in [0, 0.1) is 0 Å². The largest absolute Gasteiger partial charge is 0.381 e. The minimum atomic E-state index is 0.926. The van der Waals surface area contributed by atoms with E-state index in [9.17, 15) is 0 Å². The second kappa shape index (κ2) is 21.9. The third-order valence-corrected chi connectivity index (χ3v) is 4.46. The summed E-state index contributed by atoms with van der Waals surface area (Å²) >= 11 is 0. The number of hydrogen-bond acceptors (Lipinski definition) is 2. The molecule has 23 heavy (non-hydrogen) atoms. The van der Waals surface area contributed by atoms with Gasteiger partial charge in [-0.15, -0.1) is 0 Å². The average Bonchev–Trinajstić information content (AvgIpc) is 2.57. The molecule has 0 aliphatic heterocycles. The molecule has 2 heteroatoms. The Morgan fingerprint density at radius 2 is 0.957 bits per heavy atom. The molecule has 0 aliphatic carbocycles. The Bertz CT molecular complexity index is 176. The van der Waals surface area contributed by atoms with Crippen LogP contribution in [0.2, 0.25) is 0 Å². The summed E-state index contributed by atoms with van der Waals surface area (Å²) in [4.78, 5) is 0. The van der Waals surface area contributed by atoms with Gasteiger partial charge in [0, 0.05) is 13.2 Å². The second-order valence-electron chi connectivity index (χ2n) is 6.96. The Morgan fingerprint density at radius 1 is 0.478 bits per heavy atom. The van der Waals surface area contributed by atoms with Crippen molar-refractivity contribution in [1.29, 1.82) is 0 Å². The second-order valence-corrected chi connectivity index (χ2v) is 6.96. The molecule has 0 heterocycles. The average molecular weight is 328 g/mol. The van der Waals surface area contributed by atoms with E-state index in [1.165, 1.54) is 89.9 Å². The molecule has 0 rings (SSSR count). The third kappa shape index (κ3) is 21.9. The highest BCUT2D eigenvalue weighted by molar-refractivity contribution is 4.49. The lowest BCUT2D eigenvalue weighted by molar-refractivity contribution is 0.127. The summed E-state index contributed by atoms with van der Waals surface area (Å²) < 4.78 is 5.67. The van der Waals surface area contributed by atoms with Crippen molar-refractivity contribution in [2.24, 2.45) is 0 Å². The van der Waals surface area contributed by atoms with E-state index in [4.69, 9.17) is 4.74 Å². The van der Waals surface area contributed by atoms with Gasteiger partial charge in [0.25, 0.3) is 0 Å². The number of unbranched alkanes of at least 4 members (excludes halogenated alkanes) is 12. The van der Waals surface area contributed by atoms with Gasteiger partial charge in [0.2, 0.25) is 0 Å². The standard InChI is InChI=1S/C21H45NO/c1-3-5-6-7-8-9-10-11-12-13-14-15-16-20-23-21-17-19-22-18-4-2/h22H,3-21H2,1-2H3. The Labute approximate surface area is 147 Å². The van der Waals surface area contributed by atoms with Crippen LogP contribution >= 0.6 is 0 Å². The Morgan fingerprint density at radius 3 is 1.48 bits per heavy atom. The van der Waals surface area contributed by atoms with Crippen molar-refractivity contribution in [1.82, 2.24) is 5.32 Å². The maximum atomic E-state index is 5.67. The van der Waals surface area contributed by atoms with Crippen molar-refractivity contribution in [3.8, 4) is 0 Å². The highest BCUT2D eigenvalue weighted by Crippen LogP contribution is 2.12. The minimum absolute atomic E-state index is 0.926. The molecule has 0 aromatic heterocycles. The van der Waals surface area contributed by atoms with Crippen LogP contribution in [0.15, 0.2) is 0 Å². The van der Waals surface area contributed by atoms with Gasteiger partial charge in [-0.2, -0.15) is 0 Å². The Kier molecular flexibility index (Phi) is 21.8. The normalized spacial score (nSPS) is 11.2. The smallest absolute Gasteiger partial charge is 0.0478 e. The SMILES string of the molecule is CCCCCCCCCCCCCCCOCCCNCCC. The first-order chi connectivity index (χ1) is 11.4.